The third kappa shape index (κ3) is 4.57. The Morgan fingerprint density at radius 3 is 2.76 bits per heavy atom. The molecule has 0 bridgehead atoms. The van der Waals surface area contributed by atoms with Crippen LogP contribution in [-0.2, 0) is 4.74 Å². The lowest BCUT2D eigenvalue weighted by Crippen LogP contribution is -2.43. The summed E-state index contributed by atoms with van der Waals surface area (Å²) >= 11 is 0. The average molecular weight is 242 g/mol. The Morgan fingerprint density at radius 1 is 1.41 bits per heavy atom. The van der Waals surface area contributed by atoms with Gasteiger partial charge in [-0.3, -0.25) is 4.90 Å². The van der Waals surface area contributed by atoms with Crippen LogP contribution in [0.15, 0.2) is 0 Å². The van der Waals surface area contributed by atoms with Crippen molar-refractivity contribution in [2.24, 2.45) is 5.92 Å². The number of nitrogens with zero attached hydrogens (tertiary/aromatic N) is 1. The minimum Gasteiger partial charge on any atom is -0.383 e. The van der Waals surface area contributed by atoms with Crippen molar-refractivity contribution < 1.29 is 4.74 Å². The van der Waals surface area contributed by atoms with Gasteiger partial charge in [-0.1, -0.05) is 13.3 Å². The molecule has 3 unspecified atom stereocenters. The zero-order chi connectivity index (χ0) is 12.7. The number of hydrogen-bond acceptors (Lipinski definition) is 3. The first kappa shape index (κ1) is 14.9. The minimum absolute atomic E-state index is 0.670. The van der Waals surface area contributed by atoms with E-state index in [1.54, 1.807) is 7.11 Å². The summed E-state index contributed by atoms with van der Waals surface area (Å²) in [4.78, 5) is 2.60. The summed E-state index contributed by atoms with van der Waals surface area (Å²) in [6.45, 7) is 7.75. The van der Waals surface area contributed by atoms with Gasteiger partial charge in [-0.05, 0) is 39.2 Å². The molecule has 3 atom stereocenters. The number of methoxy groups -OCH3 is 1. The third-order valence-electron chi connectivity index (χ3n) is 4.30. The van der Waals surface area contributed by atoms with Crippen LogP contribution in [0.5, 0.6) is 0 Å². The van der Waals surface area contributed by atoms with Crippen LogP contribution >= 0.6 is 0 Å². The van der Waals surface area contributed by atoms with Gasteiger partial charge >= 0.3 is 0 Å². The molecule has 3 heteroatoms. The molecule has 1 aliphatic carbocycles. The highest BCUT2D eigenvalue weighted by Gasteiger charge is 2.28. The second-order valence-corrected chi connectivity index (χ2v) is 5.33. The number of rotatable bonds is 8. The van der Waals surface area contributed by atoms with Gasteiger partial charge in [0.1, 0.15) is 0 Å². The monoisotopic (exact) mass is 242 g/mol. The van der Waals surface area contributed by atoms with Crippen LogP contribution < -0.4 is 5.32 Å². The average Bonchev–Trinajstić information content (AvgIpc) is 2.80. The lowest BCUT2D eigenvalue weighted by atomic mass is 10.0. The molecule has 0 amide bonds. The topological polar surface area (TPSA) is 24.5 Å². The van der Waals surface area contributed by atoms with E-state index in [4.69, 9.17) is 4.74 Å². The molecule has 0 aromatic rings. The zero-order valence-corrected chi connectivity index (χ0v) is 12.0. The summed E-state index contributed by atoms with van der Waals surface area (Å²) in [6.07, 6.45) is 5.33. The molecule has 1 aliphatic rings. The molecule has 0 aromatic heterocycles. The first-order chi connectivity index (χ1) is 8.22. The number of ether oxygens (including phenoxy) is 1. The molecular weight excluding hydrogens is 212 g/mol. The van der Waals surface area contributed by atoms with E-state index in [1.165, 1.54) is 32.2 Å². The van der Waals surface area contributed by atoms with Gasteiger partial charge in [0.2, 0.25) is 0 Å². The molecule has 1 fully saturated rings. The first-order valence-corrected chi connectivity index (χ1v) is 7.13. The summed E-state index contributed by atoms with van der Waals surface area (Å²) < 4.78 is 5.23. The summed E-state index contributed by atoms with van der Waals surface area (Å²) in [5.41, 5.74) is 0. The predicted octanol–water partition coefficient (Wildman–Crippen LogP) is 2.12. The molecule has 17 heavy (non-hydrogen) atoms. The van der Waals surface area contributed by atoms with Gasteiger partial charge in [0.05, 0.1) is 6.61 Å². The van der Waals surface area contributed by atoms with Crippen molar-refractivity contribution in [3.63, 3.8) is 0 Å². The maximum atomic E-state index is 5.23. The van der Waals surface area contributed by atoms with Crippen LogP contribution in [0.4, 0.5) is 0 Å². The Hall–Kier alpha value is -0.120. The van der Waals surface area contributed by atoms with Gasteiger partial charge in [0.25, 0.3) is 0 Å². The fourth-order valence-corrected chi connectivity index (χ4v) is 2.89. The molecule has 0 heterocycles. The van der Waals surface area contributed by atoms with Crippen molar-refractivity contribution in [1.82, 2.24) is 10.2 Å². The minimum atomic E-state index is 0.670. The molecule has 0 saturated heterocycles. The smallest absolute Gasteiger partial charge is 0.0589 e. The molecule has 102 valence electrons. The molecular formula is C14H30N2O. The van der Waals surface area contributed by atoms with E-state index < -0.39 is 0 Å². The van der Waals surface area contributed by atoms with Crippen LogP contribution in [0.25, 0.3) is 0 Å². The van der Waals surface area contributed by atoms with Crippen molar-refractivity contribution in [2.45, 2.75) is 51.6 Å². The predicted molar refractivity (Wildman–Crippen MR) is 73.4 cm³/mol. The third-order valence-corrected chi connectivity index (χ3v) is 4.30. The van der Waals surface area contributed by atoms with E-state index >= 15 is 0 Å². The molecule has 0 radical (unpaired) electrons. The molecule has 1 N–H and O–H groups in total. The quantitative estimate of drug-likeness (QED) is 0.705. The highest BCUT2D eigenvalue weighted by molar-refractivity contribution is 4.85. The van der Waals surface area contributed by atoms with E-state index in [9.17, 15) is 0 Å². The molecule has 0 spiro atoms. The van der Waals surface area contributed by atoms with Gasteiger partial charge in [-0.25, -0.2) is 0 Å². The Balaban J connectivity index is 2.46. The largest absolute Gasteiger partial charge is 0.383 e. The molecule has 1 rings (SSSR count). The van der Waals surface area contributed by atoms with Crippen LogP contribution in [0, 0.1) is 5.92 Å². The van der Waals surface area contributed by atoms with Crippen LogP contribution in [0.1, 0.15) is 39.5 Å². The maximum absolute atomic E-state index is 5.23. The SMILES string of the molecule is CCC(C)N(CCOC)CC1CCCC1NC. The summed E-state index contributed by atoms with van der Waals surface area (Å²) in [7, 11) is 3.90. The van der Waals surface area contributed by atoms with Crippen molar-refractivity contribution in [1.29, 1.82) is 0 Å². The first-order valence-electron chi connectivity index (χ1n) is 7.13. The molecule has 1 saturated carbocycles. The van der Waals surface area contributed by atoms with Crippen molar-refractivity contribution in [3.05, 3.63) is 0 Å². The van der Waals surface area contributed by atoms with E-state index in [0.717, 1.165) is 25.1 Å². The molecule has 0 aliphatic heterocycles. The Kier molecular flexibility index (Phi) is 7.09. The van der Waals surface area contributed by atoms with Crippen LogP contribution in [0.3, 0.4) is 0 Å². The van der Waals surface area contributed by atoms with Gasteiger partial charge < -0.3 is 10.1 Å². The molecule has 0 aromatic carbocycles. The van der Waals surface area contributed by atoms with Gasteiger partial charge in [0, 0.05) is 32.3 Å². The van der Waals surface area contributed by atoms with E-state index in [1.807, 2.05) is 0 Å². The second-order valence-electron chi connectivity index (χ2n) is 5.33. The Bertz CT molecular complexity index is 199. The van der Waals surface area contributed by atoms with Gasteiger partial charge in [-0.2, -0.15) is 0 Å². The normalized spacial score (nSPS) is 26.6. The van der Waals surface area contributed by atoms with Crippen LogP contribution in [-0.4, -0.2) is 50.8 Å². The summed E-state index contributed by atoms with van der Waals surface area (Å²) in [6, 6.07) is 1.40. The highest BCUT2D eigenvalue weighted by Crippen LogP contribution is 2.27. The lowest BCUT2D eigenvalue weighted by Gasteiger charge is -2.32. The lowest BCUT2D eigenvalue weighted by molar-refractivity contribution is 0.106. The Labute approximate surface area is 107 Å². The standard InChI is InChI=1S/C14H30N2O/c1-5-12(2)16(9-10-17-4)11-13-7-6-8-14(13)15-3/h12-15H,5-11H2,1-4H3. The van der Waals surface area contributed by atoms with E-state index in [-0.39, 0.29) is 0 Å². The molecule has 3 nitrogen and oxygen atoms in total. The van der Waals surface area contributed by atoms with Crippen molar-refractivity contribution in [2.75, 3.05) is 33.9 Å². The summed E-state index contributed by atoms with van der Waals surface area (Å²) in [5, 5.41) is 3.47. The highest BCUT2D eigenvalue weighted by atomic mass is 16.5. The van der Waals surface area contributed by atoms with Crippen molar-refractivity contribution >= 4 is 0 Å². The van der Waals surface area contributed by atoms with Gasteiger partial charge in [-0.15, -0.1) is 0 Å². The number of hydrogen-bond donors (Lipinski definition) is 1. The number of nitrogens with one attached hydrogen (secondary N) is 1. The fraction of sp³-hybridized carbons (Fsp3) is 1.00. The second kappa shape index (κ2) is 8.06. The van der Waals surface area contributed by atoms with E-state index in [2.05, 4.69) is 31.1 Å². The summed E-state index contributed by atoms with van der Waals surface area (Å²) in [5.74, 6) is 0.825. The van der Waals surface area contributed by atoms with Crippen LogP contribution in [0.2, 0.25) is 0 Å². The maximum Gasteiger partial charge on any atom is 0.0589 e. The van der Waals surface area contributed by atoms with E-state index in [0.29, 0.717) is 6.04 Å². The Morgan fingerprint density at radius 2 is 2.18 bits per heavy atom. The fourth-order valence-electron chi connectivity index (χ4n) is 2.89. The zero-order valence-electron chi connectivity index (χ0n) is 12.0. The van der Waals surface area contributed by atoms with Crippen molar-refractivity contribution in [3.8, 4) is 0 Å². The van der Waals surface area contributed by atoms with Gasteiger partial charge in [0.15, 0.2) is 0 Å².